The molecule has 1 aliphatic carbocycles. The van der Waals surface area contributed by atoms with E-state index in [2.05, 4.69) is 10.6 Å². The molecule has 0 saturated heterocycles. The summed E-state index contributed by atoms with van der Waals surface area (Å²) in [5.74, 6) is -2.35. The maximum Gasteiger partial charge on any atom is 0.257 e. The lowest BCUT2D eigenvalue weighted by atomic mass is 10.1. The Kier molecular flexibility index (Phi) is 7.45. The fourth-order valence-corrected chi connectivity index (χ4v) is 5.54. The van der Waals surface area contributed by atoms with Crippen molar-refractivity contribution in [2.24, 2.45) is 5.92 Å². The Labute approximate surface area is 230 Å². The van der Waals surface area contributed by atoms with Gasteiger partial charge in [0.2, 0.25) is 5.91 Å². The summed E-state index contributed by atoms with van der Waals surface area (Å²) in [5.41, 5.74) is 1.36. The first-order valence-electron chi connectivity index (χ1n) is 9.97. The molecule has 2 unspecified atom stereocenters. The summed E-state index contributed by atoms with van der Waals surface area (Å²) in [5, 5.41) is 15.8. The van der Waals surface area contributed by atoms with Gasteiger partial charge in [0, 0.05) is 21.7 Å². The monoisotopic (exact) mass is 585 g/mol. The molecule has 3 aromatic carbocycles. The number of carbonyl (C=O) groups excluding carboxylic acids is 2. The van der Waals surface area contributed by atoms with Crippen molar-refractivity contribution in [2.45, 2.75) is 10.3 Å². The molecule has 0 aromatic heterocycles. The highest BCUT2D eigenvalue weighted by Crippen LogP contribution is 2.65. The Bertz CT molecular complexity index is 1380. The molecule has 2 atom stereocenters. The van der Waals surface area contributed by atoms with Crippen LogP contribution in [0.25, 0.3) is 0 Å². The van der Waals surface area contributed by atoms with Crippen molar-refractivity contribution in [3.8, 4) is 6.07 Å². The van der Waals surface area contributed by atoms with E-state index in [1.54, 1.807) is 24.3 Å². The Balaban J connectivity index is 1.53. The minimum Gasteiger partial charge on any atom is -0.326 e. The van der Waals surface area contributed by atoms with Crippen LogP contribution in [-0.2, 0) is 4.79 Å². The van der Waals surface area contributed by atoms with Crippen LogP contribution in [0.1, 0.15) is 27.4 Å². The van der Waals surface area contributed by atoms with Gasteiger partial charge in [-0.3, -0.25) is 9.59 Å². The Morgan fingerprint density at radius 2 is 1.57 bits per heavy atom. The van der Waals surface area contributed by atoms with E-state index in [9.17, 15) is 14.9 Å². The molecule has 35 heavy (non-hydrogen) atoms. The molecule has 178 valence electrons. The van der Waals surface area contributed by atoms with Gasteiger partial charge in [-0.15, -0.1) is 23.2 Å². The third kappa shape index (κ3) is 5.34. The summed E-state index contributed by atoms with van der Waals surface area (Å²) >= 11 is 37.2. The van der Waals surface area contributed by atoms with Crippen LogP contribution in [0, 0.1) is 17.2 Å². The third-order valence-electron chi connectivity index (χ3n) is 5.43. The summed E-state index contributed by atoms with van der Waals surface area (Å²) in [7, 11) is 0. The van der Waals surface area contributed by atoms with E-state index in [0.29, 0.717) is 21.3 Å². The van der Waals surface area contributed by atoms with Crippen molar-refractivity contribution < 1.29 is 9.59 Å². The number of hydrogen-bond donors (Lipinski definition) is 2. The zero-order chi connectivity index (χ0) is 25.5. The van der Waals surface area contributed by atoms with E-state index in [1.165, 1.54) is 30.3 Å². The fourth-order valence-electron chi connectivity index (χ4n) is 3.75. The molecule has 3 aromatic rings. The van der Waals surface area contributed by atoms with E-state index in [0.717, 1.165) is 0 Å². The van der Waals surface area contributed by atoms with Gasteiger partial charge in [-0.1, -0.05) is 52.5 Å². The molecule has 11 heteroatoms. The van der Waals surface area contributed by atoms with Gasteiger partial charge in [0.15, 0.2) is 0 Å². The average Bonchev–Trinajstić information content (AvgIpc) is 3.36. The van der Waals surface area contributed by atoms with Crippen molar-refractivity contribution in [3.05, 3.63) is 91.4 Å². The minimum atomic E-state index is -1.36. The number of nitrogens with one attached hydrogen (secondary N) is 2. The van der Waals surface area contributed by atoms with E-state index < -0.39 is 28.0 Å². The number of rotatable bonds is 5. The second kappa shape index (κ2) is 10.1. The SMILES string of the molecule is N#Cc1c(Cl)cccc1NC(=O)c1cc(NC(=O)C2C(c3cc(Cl)cc(Cl)c3)C2(Cl)Cl)ccc1Cl. The summed E-state index contributed by atoms with van der Waals surface area (Å²) in [6.45, 7) is 0. The van der Waals surface area contributed by atoms with Crippen LogP contribution in [0.15, 0.2) is 54.6 Å². The molecule has 1 saturated carbocycles. The van der Waals surface area contributed by atoms with Crippen molar-refractivity contribution in [1.82, 2.24) is 0 Å². The highest BCUT2D eigenvalue weighted by atomic mass is 35.5. The van der Waals surface area contributed by atoms with Crippen molar-refractivity contribution in [1.29, 1.82) is 5.26 Å². The molecular weight excluding hydrogens is 575 g/mol. The molecular formula is C24H13Cl6N3O2. The number of anilines is 2. The topological polar surface area (TPSA) is 82.0 Å². The molecule has 0 radical (unpaired) electrons. The van der Waals surface area contributed by atoms with Crippen molar-refractivity contribution in [2.75, 3.05) is 10.6 Å². The highest BCUT2D eigenvalue weighted by molar-refractivity contribution is 6.53. The molecule has 1 aliphatic rings. The standard InChI is InChI=1S/C24H13Cl6N3O2/c25-12-6-11(7-13(26)8-12)20-21(24(20,29)30)23(35)32-14-4-5-18(28)15(9-14)22(34)33-19-3-1-2-17(27)16(19)10-31/h1-9,20-21H,(H,32,35)(H,33,34). The molecule has 0 spiro atoms. The van der Waals surface area contributed by atoms with Crippen LogP contribution < -0.4 is 10.6 Å². The van der Waals surface area contributed by atoms with Crippen LogP contribution in [0.2, 0.25) is 20.1 Å². The van der Waals surface area contributed by atoms with E-state index in [-0.39, 0.29) is 26.9 Å². The minimum absolute atomic E-state index is 0.0744. The number of nitrogens with zero attached hydrogens (tertiary/aromatic N) is 1. The smallest absolute Gasteiger partial charge is 0.257 e. The normalized spacial score (nSPS) is 17.9. The van der Waals surface area contributed by atoms with Crippen LogP contribution in [0.3, 0.4) is 0 Å². The average molecular weight is 588 g/mol. The van der Waals surface area contributed by atoms with Crippen molar-refractivity contribution in [3.63, 3.8) is 0 Å². The molecule has 5 nitrogen and oxygen atoms in total. The second-order valence-corrected chi connectivity index (χ2v) is 10.9. The predicted octanol–water partition coefficient (Wildman–Crippen LogP) is 7.95. The van der Waals surface area contributed by atoms with Crippen LogP contribution >= 0.6 is 69.6 Å². The predicted molar refractivity (Wildman–Crippen MR) is 141 cm³/mol. The lowest BCUT2D eigenvalue weighted by Crippen LogP contribution is -2.18. The fraction of sp³-hybridized carbons (Fsp3) is 0.125. The lowest BCUT2D eigenvalue weighted by Gasteiger charge is -2.11. The van der Waals surface area contributed by atoms with E-state index in [1.807, 2.05) is 6.07 Å². The first-order chi connectivity index (χ1) is 16.5. The number of benzene rings is 3. The van der Waals surface area contributed by atoms with Gasteiger partial charge in [0.05, 0.1) is 32.8 Å². The maximum atomic E-state index is 13.0. The second-order valence-electron chi connectivity index (χ2n) is 7.74. The van der Waals surface area contributed by atoms with E-state index in [4.69, 9.17) is 69.6 Å². The molecule has 4 rings (SSSR count). The quantitative estimate of drug-likeness (QED) is 0.297. The van der Waals surface area contributed by atoms with Gasteiger partial charge in [0.1, 0.15) is 10.4 Å². The largest absolute Gasteiger partial charge is 0.326 e. The van der Waals surface area contributed by atoms with Gasteiger partial charge in [-0.25, -0.2) is 0 Å². The Morgan fingerprint density at radius 1 is 0.886 bits per heavy atom. The highest BCUT2D eigenvalue weighted by Gasteiger charge is 2.67. The van der Waals surface area contributed by atoms with Gasteiger partial charge in [0.25, 0.3) is 5.91 Å². The molecule has 2 N–H and O–H groups in total. The number of carbonyl (C=O) groups is 2. The Hall–Kier alpha value is -2.17. The summed E-state index contributed by atoms with van der Waals surface area (Å²) in [6, 6.07) is 15.9. The van der Waals surface area contributed by atoms with Crippen LogP contribution in [-0.4, -0.2) is 16.1 Å². The zero-order valence-electron chi connectivity index (χ0n) is 17.4. The van der Waals surface area contributed by atoms with Gasteiger partial charge >= 0.3 is 0 Å². The van der Waals surface area contributed by atoms with Gasteiger partial charge in [-0.05, 0) is 54.1 Å². The van der Waals surface area contributed by atoms with Crippen LogP contribution in [0.4, 0.5) is 11.4 Å². The maximum absolute atomic E-state index is 13.0. The number of hydrogen-bond acceptors (Lipinski definition) is 3. The summed E-state index contributed by atoms with van der Waals surface area (Å²) in [6.07, 6.45) is 0. The molecule has 1 fully saturated rings. The van der Waals surface area contributed by atoms with Crippen molar-refractivity contribution >= 4 is 92.8 Å². The van der Waals surface area contributed by atoms with Gasteiger partial charge < -0.3 is 10.6 Å². The first-order valence-corrected chi connectivity index (χ1v) is 12.2. The molecule has 0 bridgehead atoms. The molecule has 0 aliphatic heterocycles. The Morgan fingerprint density at radius 3 is 2.23 bits per heavy atom. The zero-order valence-corrected chi connectivity index (χ0v) is 21.9. The number of amides is 2. The van der Waals surface area contributed by atoms with Gasteiger partial charge in [-0.2, -0.15) is 5.26 Å². The van der Waals surface area contributed by atoms with E-state index >= 15 is 0 Å². The molecule has 2 amide bonds. The number of nitriles is 1. The third-order valence-corrected chi connectivity index (χ3v) is 7.45. The molecule has 0 heterocycles. The lowest BCUT2D eigenvalue weighted by molar-refractivity contribution is -0.117. The summed E-state index contributed by atoms with van der Waals surface area (Å²) < 4.78 is -1.36. The number of halogens is 6. The van der Waals surface area contributed by atoms with Crippen LogP contribution in [0.5, 0.6) is 0 Å². The number of alkyl halides is 2. The first kappa shape index (κ1) is 25.9. The summed E-state index contributed by atoms with van der Waals surface area (Å²) in [4.78, 5) is 25.9.